The molecule has 0 saturated heterocycles. The highest BCUT2D eigenvalue weighted by Crippen LogP contribution is 2.27. The number of halogens is 3. The van der Waals surface area contributed by atoms with Crippen molar-refractivity contribution in [1.82, 2.24) is 10.6 Å². The second-order valence-corrected chi connectivity index (χ2v) is 5.59. The summed E-state index contributed by atoms with van der Waals surface area (Å²) in [4.78, 5) is 4.40. The Kier molecular flexibility index (Phi) is 6.24. The van der Waals surface area contributed by atoms with Crippen molar-refractivity contribution in [2.24, 2.45) is 10.9 Å². The van der Waals surface area contributed by atoms with Gasteiger partial charge in [0.05, 0.1) is 6.54 Å². The fourth-order valence-electron chi connectivity index (χ4n) is 1.95. The van der Waals surface area contributed by atoms with Gasteiger partial charge in [0.25, 0.3) is 0 Å². The van der Waals surface area contributed by atoms with Crippen LogP contribution in [0.5, 0.6) is 5.75 Å². The topological polar surface area (TPSA) is 45.7 Å². The predicted molar refractivity (Wildman–Crippen MR) is 83.6 cm³/mol. The Balaban J connectivity index is 2.04. The van der Waals surface area contributed by atoms with Crippen molar-refractivity contribution < 1.29 is 13.5 Å². The second kappa shape index (κ2) is 8.17. The Morgan fingerprint density at radius 3 is 2.82 bits per heavy atom. The molecule has 2 rings (SSSR count). The molecular weight excluding hydrogens is 312 g/mol. The van der Waals surface area contributed by atoms with E-state index in [0.29, 0.717) is 22.5 Å². The normalized spacial score (nSPS) is 15.0. The van der Waals surface area contributed by atoms with Crippen molar-refractivity contribution in [2.75, 3.05) is 13.1 Å². The molecule has 1 aliphatic carbocycles. The number of rotatable bonds is 7. The maximum absolute atomic E-state index is 12.4. The Morgan fingerprint density at radius 2 is 2.18 bits per heavy atom. The molecule has 0 spiro atoms. The highest BCUT2D eigenvalue weighted by atomic mass is 35.5. The fourth-order valence-corrected chi connectivity index (χ4v) is 2.15. The summed E-state index contributed by atoms with van der Waals surface area (Å²) in [7, 11) is 0. The average Bonchev–Trinajstić information content (AvgIpc) is 3.28. The van der Waals surface area contributed by atoms with Crippen molar-refractivity contribution in [1.29, 1.82) is 0 Å². The molecule has 0 radical (unpaired) electrons. The second-order valence-electron chi connectivity index (χ2n) is 5.15. The van der Waals surface area contributed by atoms with Gasteiger partial charge in [-0.3, -0.25) is 0 Å². The number of nitrogens with one attached hydrogen (secondary N) is 2. The average molecular weight is 332 g/mol. The van der Waals surface area contributed by atoms with Gasteiger partial charge in [-0.2, -0.15) is 8.78 Å². The molecule has 122 valence electrons. The molecule has 0 bridgehead atoms. The summed E-state index contributed by atoms with van der Waals surface area (Å²) in [6.07, 6.45) is 2.49. The van der Waals surface area contributed by atoms with Crippen molar-refractivity contribution >= 4 is 17.6 Å². The quantitative estimate of drug-likeness (QED) is 0.594. The zero-order valence-electron chi connectivity index (χ0n) is 12.4. The van der Waals surface area contributed by atoms with E-state index in [-0.39, 0.29) is 12.3 Å². The van der Waals surface area contributed by atoms with Crippen LogP contribution in [0.4, 0.5) is 8.78 Å². The summed E-state index contributed by atoms with van der Waals surface area (Å²) < 4.78 is 29.3. The third-order valence-electron chi connectivity index (χ3n) is 3.25. The lowest BCUT2D eigenvalue weighted by Gasteiger charge is -2.12. The maximum atomic E-state index is 12.4. The van der Waals surface area contributed by atoms with Gasteiger partial charge in [0.1, 0.15) is 5.75 Å². The Hall–Kier alpha value is -1.56. The lowest BCUT2D eigenvalue weighted by Crippen LogP contribution is -2.38. The van der Waals surface area contributed by atoms with Crippen LogP contribution in [-0.2, 0) is 6.54 Å². The molecule has 7 heteroatoms. The van der Waals surface area contributed by atoms with E-state index in [9.17, 15) is 8.78 Å². The molecule has 1 saturated carbocycles. The minimum atomic E-state index is -2.87. The van der Waals surface area contributed by atoms with E-state index in [4.69, 9.17) is 11.6 Å². The fraction of sp³-hybridized carbons (Fsp3) is 0.533. The first-order chi connectivity index (χ1) is 10.6. The number of guanidine groups is 1. The van der Waals surface area contributed by atoms with Gasteiger partial charge >= 0.3 is 6.61 Å². The van der Waals surface area contributed by atoms with E-state index >= 15 is 0 Å². The number of aliphatic imine (C=N–C) groups is 1. The van der Waals surface area contributed by atoms with Crippen LogP contribution in [0.25, 0.3) is 0 Å². The van der Waals surface area contributed by atoms with E-state index in [0.717, 1.165) is 13.1 Å². The Morgan fingerprint density at radius 1 is 1.41 bits per heavy atom. The number of nitrogens with zero attached hydrogens (tertiary/aromatic N) is 1. The molecule has 0 unspecified atom stereocenters. The predicted octanol–water partition coefficient (Wildman–Crippen LogP) is 3.41. The van der Waals surface area contributed by atoms with Crippen molar-refractivity contribution in [3.63, 3.8) is 0 Å². The zero-order valence-corrected chi connectivity index (χ0v) is 13.2. The Bertz CT molecular complexity index is 522. The van der Waals surface area contributed by atoms with Gasteiger partial charge in [-0.15, -0.1) is 0 Å². The van der Waals surface area contributed by atoms with Gasteiger partial charge in [-0.05, 0) is 43.9 Å². The first kappa shape index (κ1) is 16.8. The summed E-state index contributed by atoms with van der Waals surface area (Å²) in [6.45, 7) is 0.917. The lowest BCUT2D eigenvalue weighted by atomic mass is 10.2. The van der Waals surface area contributed by atoms with Crippen LogP contribution in [0, 0.1) is 5.92 Å². The van der Waals surface area contributed by atoms with E-state index in [1.807, 2.05) is 6.92 Å². The van der Waals surface area contributed by atoms with Crippen LogP contribution in [0.1, 0.15) is 25.3 Å². The highest BCUT2D eigenvalue weighted by Gasteiger charge is 2.21. The van der Waals surface area contributed by atoms with E-state index in [1.165, 1.54) is 25.0 Å². The van der Waals surface area contributed by atoms with Crippen LogP contribution in [0.3, 0.4) is 0 Å². The number of hydrogen-bond donors (Lipinski definition) is 2. The first-order valence-electron chi connectivity index (χ1n) is 7.34. The molecule has 0 amide bonds. The van der Waals surface area contributed by atoms with Gasteiger partial charge < -0.3 is 15.4 Å². The van der Waals surface area contributed by atoms with E-state index in [2.05, 4.69) is 20.4 Å². The molecule has 1 aliphatic rings. The molecular formula is C15H20ClF2N3O. The minimum absolute atomic E-state index is 0.0983. The molecule has 1 aromatic carbocycles. The van der Waals surface area contributed by atoms with Crippen molar-refractivity contribution in [2.45, 2.75) is 32.9 Å². The van der Waals surface area contributed by atoms with Crippen LogP contribution < -0.4 is 15.4 Å². The van der Waals surface area contributed by atoms with Gasteiger partial charge in [-0.1, -0.05) is 11.6 Å². The minimum Gasteiger partial charge on any atom is -0.434 e. The number of ether oxygens (including phenoxy) is 1. The third kappa shape index (κ3) is 5.67. The van der Waals surface area contributed by atoms with Gasteiger partial charge in [-0.25, -0.2) is 4.99 Å². The highest BCUT2D eigenvalue weighted by molar-refractivity contribution is 6.30. The first-order valence-corrected chi connectivity index (χ1v) is 7.71. The molecule has 1 aromatic rings. The number of alkyl halides is 2. The zero-order chi connectivity index (χ0) is 15.9. The molecule has 4 nitrogen and oxygen atoms in total. The number of benzene rings is 1. The largest absolute Gasteiger partial charge is 0.434 e. The van der Waals surface area contributed by atoms with Crippen molar-refractivity contribution in [3.8, 4) is 5.75 Å². The summed E-state index contributed by atoms with van der Waals surface area (Å²) >= 11 is 5.92. The maximum Gasteiger partial charge on any atom is 0.387 e. The van der Waals surface area contributed by atoms with E-state index < -0.39 is 6.61 Å². The molecule has 0 aromatic heterocycles. The third-order valence-corrected chi connectivity index (χ3v) is 3.48. The molecule has 1 fully saturated rings. The smallest absolute Gasteiger partial charge is 0.387 e. The summed E-state index contributed by atoms with van der Waals surface area (Å²) in [6, 6.07) is 4.54. The van der Waals surface area contributed by atoms with Crippen LogP contribution in [0.2, 0.25) is 5.02 Å². The van der Waals surface area contributed by atoms with Crippen molar-refractivity contribution in [3.05, 3.63) is 28.8 Å². The Labute approximate surface area is 133 Å². The summed E-state index contributed by atoms with van der Waals surface area (Å²) in [5.41, 5.74) is 0.524. The standard InChI is InChI=1S/C15H20ClF2N3O/c1-2-19-15(20-8-10-3-4-10)21-9-11-7-12(16)5-6-13(11)22-14(17)18/h5-7,10,14H,2-4,8-9H2,1H3,(H2,19,20,21). The van der Waals surface area contributed by atoms with Crippen LogP contribution >= 0.6 is 11.6 Å². The van der Waals surface area contributed by atoms with Gasteiger partial charge in [0.15, 0.2) is 5.96 Å². The van der Waals surface area contributed by atoms with Gasteiger partial charge in [0, 0.05) is 23.7 Å². The molecule has 22 heavy (non-hydrogen) atoms. The van der Waals surface area contributed by atoms with E-state index in [1.54, 1.807) is 6.07 Å². The molecule has 2 N–H and O–H groups in total. The number of hydrogen-bond acceptors (Lipinski definition) is 2. The summed E-state index contributed by atoms with van der Waals surface area (Å²) in [5.74, 6) is 1.48. The van der Waals surface area contributed by atoms with Crippen LogP contribution in [-0.4, -0.2) is 25.7 Å². The molecule has 0 atom stereocenters. The molecule has 0 aliphatic heterocycles. The lowest BCUT2D eigenvalue weighted by molar-refractivity contribution is -0.0504. The monoisotopic (exact) mass is 331 g/mol. The molecule has 0 heterocycles. The SMILES string of the molecule is CCNC(=NCc1cc(Cl)ccc1OC(F)F)NCC1CC1. The van der Waals surface area contributed by atoms with Gasteiger partial charge in [0.2, 0.25) is 0 Å². The summed E-state index contributed by atoms with van der Waals surface area (Å²) in [5, 5.41) is 6.83. The van der Waals surface area contributed by atoms with Crippen LogP contribution in [0.15, 0.2) is 23.2 Å².